The van der Waals surface area contributed by atoms with E-state index in [1.165, 1.54) is 11.3 Å². The number of anilines is 1. The van der Waals surface area contributed by atoms with Crippen LogP contribution in [-0.4, -0.2) is 55.1 Å². The molecular weight excluding hydrogens is 364 g/mol. The van der Waals surface area contributed by atoms with Gasteiger partial charge in [0.2, 0.25) is 5.91 Å². The van der Waals surface area contributed by atoms with E-state index >= 15 is 0 Å². The van der Waals surface area contributed by atoms with Gasteiger partial charge in [-0.3, -0.25) is 4.79 Å². The van der Waals surface area contributed by atoms with Gasteiger partial charge >= 0.3 is 0 Å². The summed E-state index contributed by atoms with van der Waals surface area (Å²) in [4.78, 5) is 26.3. The van der Waals surface area contributed by atoms with Crippen LogP contribution >= 0.6 is 0 Å². The van der Waals surface area contributed by atoms with Crippen LogP contribution in [0.2, 0.25) is 0 Å². The number of benzene rings is 1. The van der Waals surface area contributed by atoms with Gasteiger partial charge in [0.05, 0.1) is 50.3 Å². The third-order valence-electron chi connectivity index (χ3n) is 6.11. The van der Waals surface area contributed by atoms with Crippen molar-refractivity contribution in [2.45, 2.75) is 44.1 Å². The van der Waals surface area contributed by atoms with Gasteiger partial charge in [-0.15, -0.1) is 0 Å². The SMILES string of the molecule is C[NH+]1CCN(c2nc3ccccc3nc2[C@H](C#N)C(=O)NC2CCCCC2)CC1. The molecule has 2 aliphatic rings. The molecule has 1 amide bonds. The molecule has 0 radical (unpaired) electrons. The second-order valence-electron chi connectivity index (χ2n) is 8.27. The van der Waals surface area contributed by atoms with Crippen molar-refractivity contribution < 1.29 is 9.69 Å². The number of nitrogens with zero attached hydrogens (tertiary/aromatic N) is 4. The number of carbonyl (C=O) groups is 1. The molecule has 2 aromatic rings. The van der Waals surface area contributed by atoms with E-state index in [0.29, 0.717) is 11.5 Å². The Morgan fingerprint density at radius 2 is 1.83 bits per heavy atom. The zero-order valence-electron chi connectivity index (χ0n) is 17.0. The number of quaternary nitrogens is 1. The van der Waals surface area contributed by atoms with E-state index in [0.717, 1.165) is 62.9 Å². The highest BCUT2D eigenvalue weighted by Gasteiger charge is 2.31. The van der Waals surface area contributed by atoms with E-state index in [4.69, 9.17) is 9.97 Å². The third-order valence-corrected chi connectivity index (χ3v) is 6.11. The standard InChI is InChI=1S/C22H28N6O/c1-27-11-13-28(14-12-27)21-20(25-18-9-5-6-10-19(18)26-21)17(15-23)22(29)24-16-7-3-2-4-8-16/h5-6,9-10,16-17H,2-4,7-8,11-14H2,1H3,(H,24,29)/p+1/t17-/m0/s1. The summed E-state index contributed by atoms with van der Waals surface area (Å²) in [7, 11) is 2.18. The normalized spacial score (nSPS) is 19.7. The maximum Gasteiger partial charge on any atom is 0.243 e. The van der Waals surface area contributed by atoms with Gasteiger partial charge in [-0.05, 0) is 25.0 Å². The van der Waals surface area contributed by atoms with E-state index in [2.05, 4.69) is 23.3 Å². The van der Waals surface area contributed by atoms with Crippen LogP contribution in [0.5, 0.6) is 0 Å². The molecule has 29 heavy (non-hydrogen) atoms. The maximum atomic E-state index is 13.0. The monoisotopic (exact) mass is 393 g/mol. The van der Waals surface area contributed by atoms with E-state index in [1.54, 1.807) is 0 Å². The smallest absolute Gasteiger partial charge is 0.243 e. The molecule has 1 atom stereocenters. The van der Waals surface area contributed by atoms with Crippen LogP contribution in [-0.2, 0) is 4.79 Å². The Morgan fingerprint density at radius 3 is 2.48 bits per heavy atom. The summed E-state index contributed by atoms with van der Waals surface area (Å²) in [6.07, 6.45) is 5.46. The Hall–Kier alpha value is -2.72. The highest BCUT2D eigenvalue weighted by molar-refractivity contribution is 5.89. The molecule has 1 aliphatic heterocycles. The summed E-state index contributed by atoms with van der Waals surface area (Å²) in [5, 5.41) is 13.0. The average molecular weight is 394 g/mol. The fourth-order valence-corrected chi connectivity index (χ4v) is 4.31. The number of nitrogens with one attached hydrogen (secondary N) is 2. The van der Waals surface area contributed by atoms with Crippen LogP contribution in [0.1, 0.15) is 43.7 Å². The van der Waals surface area contributed by atoms with Crippen LogP contribution in [0.3, 0.4) is 0 Å². The summed E-state index contributed by atoms with van der Waals surface area (Å²) < 4.78 is 0. The summed E-state index contributed by atoms with van der Waals surface area (Å²) in [6, 6.07) is 10.0. The summed E-state index contributed by atoms with van der Waals surface area (Å²) in [6.45, 7) is 3.68. The zero-order valence-corrected chi connectivity index (χ0v) is 17.0. The van der Waals surface area contributed by atoms with Crippen molar-refractivity contribution in [2.24, 2.45) is 0 Å². The van der Waals surface area contributed by atoms with Crippen molar-refractivity contribution in [2.75, 3.05) is 38.1 Å². The molecule has 1 saturated heterocycles. The van der Waals surface area contributed by atoms with E-state index in [1.807, 2.05) is 24.3 Å². The Kier molecular flexibility index (Phi) is 5.91. The predicted octanol–water partition coefficient (Wildman–Crippen LogP) is 1.02. The first-order valence-electron chi connectivity index (χ1n) is 10.7. The molecule has 0 bridgehead atoms. The molecule has 7 nitrogen and oxygen atoms in total. The fourth-order valence-electron chi connectivity index (χ4n) is 4.31. The van der Waals surface area contributed by atoms with Gasteiger partial charge in [-0.25, -0.2) is 9.97 Å². The molecule has 1 aromatic carbocycles. The van der Waals surface area contributed by atoms with Crippen molar-refractivity contribution in [1.29, 1.82) is 5.26 Å². The lowest BCUT2D eigenvalue weighted by atomic mass is 9.94. The number of amides is 1. The number of aromatic nitrogens is 2. The topological polar surface area (TPSA) is 86.3 Å². The number of fused-ring (bicyclic) bond motifs is 1. The number of para-hydroxylation sites is 2. The third kappa shape index (κ3) is 4.33. The van der Waals surface area contributed by atoms with Crippen molar-refractivity contribution in [3.63, 3.8) is 0 Å². The quantitative estimate of drug-likeness (QED) is 0.810. The van der Waals surface area contributed by atoms with Gasteiger partial charge in [-0.1, -0.05) is 31.4 Å². The molecule has 7 heteroatoms. The first-order valence-corrected chi connectivity index (χ1v) is 10.7. The first kappa shape index (κ1) is 19.6. The molecule has 152 valence electrons. The van der Waals surface area contributed by atoms with E-state index in [9.17, 15) is 10.1 Å². The van der Waals surface area contributed by atoms with Crippen molar-refractivity contribution in [3.05, 3.63) is 30.0 Å². The second-order valence-corrected chi connectivity index (χ2v) is 8.27. The lowest BCUT2D eigenvalue weighted by Crippen LogP contribution is -3.12. The highest BCUT2D eigenvalue weighted by Crippen LogP contribution is 2.28. The minimum Gasteiger partial charge on any atom is -0.352 e. The molecular formula is C22H29N6O+. The fraction of sp³-hybridized carbons (Fsp3) is 0.545. The minimum atomic E-state index is -0.948. The van der Waals surface area contributed by atoms with Gasteiger partial charge in [0.15, 0.2) is 11.7 Å². The van der Waals surface area contributed by atoms with Gasteiger partial charge in [0.25, 0.3) is 0 Å². The molecule has 2 heterocycles. The Morgan fingerprint density at radius 1 is 1.17 bits per heavy atom. The largest absolute Gasteiger partial charge is 0.352 e. The number of hydrogen-bond acceptors (Lipinski definition) is 5. The number of hydrogen-bond donors (Lipinski definition) is 2. The van der Waals surface area contributed by atoms with Crippen LogP contribution < -0.4 is 15.1 Å². The molecule has 2 N–H and O–H groups in total. The van der Waals surface area contributed by atoms with Crippen molar-refractivity contribution in [1.82, 2.24) is 15.3 Å². The van der Waals surface area contributed by atoms with E-state index < -0.39 is 5.92 Å². The number of carbonyl (C=O) groups excluding carboxylic acids is 1. The Balaban J connectivity index is 1.68. The lowest BCUT2D eigenvalue weighted by molar-refractivity contribution is -0.880. The van der Waals surface area contributed by atoms with Crippen molar-refractivity contribution in [3.8, 4) is 6.07 Å². The number of nitriles is 1. The molecule has 1 saturated carbocycles. The van der Waals surface area contributed by atoms with Gasteiger partial charge in [-0.2, -0.15) is 5.26 Å². The highest BCUT2D eigenvalue weighted by atomic mass is 16.2. The lowest BCUT2D eigenvalue weighted by Gasteiger charge is -2.32. The van der Waals surface area contributed by atoms with Gasteiger partial charge < -0.3 is 15.1 Å². The van der Waals surface area contributed by atoms with E-state index in [-0.39, 0.29) is 11.9 Å². The van der Waals surface area contributed by atoms with Crippen LogP contribution in [0.4, 0.5) is 5.82 Å². The average Bonchev–Trinajstić information content (AvgIpc) is 2.75. The molecule has 0 unspecified atom stereocenters. The molecule has 1 aromatic heterocycles. The molecule has 0 spiro atoms. The Labute approximate surface area is 171 Å². The first-order chi connectivity index (χ1) is 14.2. The number of piperazine rings is 1. The maximum absolute atomic E-state index is 13.0. The summed E-state index contributed by atoms with van der Waals surface area (Å²) >= 11 is 0. The number of rotatable bonds is 4. The van der Waals surface area contributed by atoms with Gasteiger partial charge in [0, 0.05) is 6.04 Å². The Bertz CT molecular complexity index is 909. The summed E-state index contributed by atoms with van der Waals surface area (Å²) in [5.74, 6) is -0.512. The molecule has 1 aliphatic carbocycles. The zero-order chi connectivity index (χ0) is 20.2. The van der Waals surface area contributed by atoms with Crippen LogP contribution in [0.15, 0.2) is 24.3 Å². The molecule has 4 rings (SSSR count). The van der Waals surface area contributed by atoms with Gasteiger partial charge in [0.1, 0.15) is 5.69 Å². The second kappa shape index (κ2) is 8.75. The van der Waals surface area contributed by atoms with Crippen LogP contribution in [0.25, 0.3) is 11.0 Å². The van der Waals surface area contributed by atoms with Crippen LogP contribution in [0, 0.1) is 11.3 Å². The minimum absolute atomic E-state index is 0.163. The molecule has 2 fully saturated rings. The number of likely N-dealkylation sites (N-methyl/N-ethyl adjacent to an activating group) is 1. The van der Waals surface area contributed by atoms with Crippen molar-refractivity contribution >= 4 is 22.8 Å². The predicted molar refractivity (Wildman–Crippen MR) is 112 cm³/mol. The summed E-state index contributed by atoms with van der Waals surface area (Å²) in [5.41, 5.74) is 2.00.